The van der Waals surface area contributed by atoms with Crippen LogP contribution in [-0.4, -0.2) is 52.2 Å². The lowest BCUT2D eigenvalue weighted by atomic mass is 10.0. The van der Waals surface area contributed by atoms with Crippen molar-refractivity contribution >= 4 is 17.5 Å². The second-order valence-electron chi connectivity index (χ2n) is 6.98. The zero-order valence-electron chi connectivity index (χ0n) is 16.0. The summed E-state index contributed by atoms with van der Waals surface area (Å²) in [6.45, 7) is 3.89. The van der Waals surface area contributed by atoms with Crippen LogP contribution in [0.2, 0.25) is 5.02 Å². The van der Waals surface area contributed by atoms with Gasteiger partial charge in [-0.1, -0.05) is 11.6 Å². The summed E-state index contributed by atoms with van der Waals surface area (Å²) in [5, 5.41) is 3.63. The van der Waals surface area contributed by atoms with Crippen molar-refractivity contribution in [2.45, 2.75) is 6.04 Å². The minimum absolute atomic E-state index is 0.0477. The number of nitrogens with one attached hydrogen (secondary N) is 2. The summed E-state index contributed by atoms with van der Waals surface area (Å²) in [4.78, 5) is 13.7. The highest BCUT2D eigenvalue weighted by Crippen LogP contribution is 2.33. The lowest BCUT2D eigenvalue weighted by Crippen LogP contribution is -3.15. The van der Waals surface area contributed by atoms with Crippen molar-refractivity contribution in [3.63, 3.8) is 0 Å². The lowest BCUT2D eigenvalue weighted by Gasteiger charge is -2.32. The van der Waals surface area contributed by atoms with Gasteiger partial charge in [0.2, 0.25) is 6.79 Å². The van der Waals surface area contributed by atoms with Gasteiger partial charge in [0.1, 0.15) is 24.9 Å². The average molecular weight is 420 g/mol. The predicted molar refractivity (Wildman–Crippen MR) is 107 cm³/mol. The van der Waals surface area contributed by atoms with Gasteiger partial charge in [-0.3, -0.25) is 4.79 Å². The van der Waals surface area contributed by atoms with Gasteiger partial charge in [0, 0.05) is 10.6 Å². The minimum Gasteiger partial charge on any atom is -0.484 e. The van der Waals surface area contributed by atoms with Crippen molar-refractivity contribution in [1.29, 1.82) is 0 Å². The summed E-state index contributed by atoms with van der Waals surface area (Å²) in [6, 6.07) is 13.0. The molecule has 8 heteroatoms. The number of quaternary nitrogens is 1. The Morgan fingerprint density at radius 3 is 2.66 bits per heavy atom. The number of fused-ring (bicyclic) bond motifs is 1. The number of morpholine rings is 1. The van der Waals surface area contributed by atoms with Gasteiger partial charge in [-0.15, -0.1) is 0 Å². The van der Waals surface area contributed by atoms with E-state index in [1.165, 1.54) is 4.90 Å². The van der Waals surface area contributed by atoms with E-state index in [1.807, 2.05) is 18.2 Å². The van der Waals surface area contributed by atoms with E-state index in [9.17, 15) is 4.79 Å². The molecule has 1 fully saturated rings. The molecule has 0 spiro atoms. The largest absolute Gasteiger partial charge is 0.484 e. The predicted octanol–water partition coefficient (Wildman–Crippen LogP) is 1.22. The maximum atomic E-state index is 12.3. The third-order valence-corrected chi connectivity index (χ3v) is 5.37. The molecule has 4 rings (SSSR count). The van der Waals surface area contributed by atoms with Crippen LogP contribution in [0.4, 0.5) is 0 Å². The molecule has 0 aliphatic carbocycles. The van der Waals surface area contributed by atoms with Crippen LogP contribution >= 0.6 is 11.6 Å². The zero-order chi connectivity index (χ0) is 20.1. The quantitative estimate of drug-likeness (QED) is 0.706. The summed E-state index contributed by atoms with van der Waals surface area (Å²) >= 11 is 5.86. The molecule has 2 aromatic carbocycles. The van der Waals surface area contributed by atoms with Crippen LogP contribution in [0.5, 0.6) is 17.2 Å². The van der Waals surface area contributed by atoms with Crippen LogP contribution < -0.4 is 24.4 Å². The van der Waals surface area contributed by atoms with E-state index in [0.29, 0.717) is 30.5 Å². The van der Waals surface area contributed by atoms with E-state index >= 15 is 0 Å². The van der Waals surface area contributed by atoms with E-state index in [-0.39, 0.29) is 25.3 Å². The summed E-state index contributed by atoms with van der Waals surface area (Å²) in [5.41, 5.74) is 1.10. The Morgan fingerprint density at radius 2 is 1.86 bits per heavy atom. The molecule has 0 radical (unpaired) electrons. The molecule has 2 heterocycles. The molecule has 0 saturated carbocycles. The number of amides is 1. The van der Waals surface area contributed by atoms with Gasteiger partial charge in [0.25, 0.3) is 5.91 Å². The van der Waals surface area contributed by atoms with Gasteiger partial charge < -0.3 is 29.2 Å². The Morgan fingerprint density at radius 1 is 1.10 bits per heavy atom. The highest BCUT2D eigenvalue weighted by molar-refractivity contribution is 6.30. The van der Waals surface area contributed by atoms with Crippen LogP contribution in [0, 0.1) is 0 Å². The normalized spacial score (nSPS) is 17.0. The van der Waals surface area contributed by atoms with Gasteiger partial charge in [0.15, 0.2) is 18.1 Å². The first-order valence-electron chi connectivity index (χ1n) is 9.66. The smallest absolute Gasteiger partial charge is 0.258 e. The fourth-order valence-electron chi connectivity index (χ4n) is 3.56. The monoisotopic (exact) mass is 419 g/mol. The van der Waals surface area contributed by atoms with Crippen molar-refractivity contribution in [2.75, 3.05) is 46.2 Å². The van der Waals surface area contributed by atoms with Gasteiger partial charge in [-0.05, 0) is 42.5 Å². The fourth-order valence-corrected chi connectivity index (χ4v) is 3.68. The number of benzene rings is 2. The Bertz CT molecular complexity index is 839. The van der Waals surface area contributed by atoms with Crippen molar-refractivity contribution in [1.82, 2.24) is 5.32 Å². The molecule has 2 N–H and O–H groups in total. The molecule has 2 aliphatic rings. The molecule has 0 aromatic heterocycles. The number of hydrogen-bond donors (Lipinski definition) is 2. The summed E-state index contributed by atoms with van der Waals surface area (Å²) in [6.07, 6.45) is 0. The number of ether oxygens (including phenoxy) is 4. The highest BCUT2D eigenvalue weighted by atomic mass is 35.5. The Balaban J connectivity index is 1.38. The average Bonchev–Trinajstić information content (AvgIpc) is 3.22. The third kappa shape index (κ3) is 5.12. The van der Waals surface area contributed by atoms with Crippen molar-refractivity contribution in [2.24, 2.45) is 0 Å². The lowest BCUT2D eigenvalue weighted by molar-refractivity contribution is -0.937. The summed E-state index contributed by atoms with van der Waals surface area (Å²) in [7, 11) is 0. The summed E-state index contributed by atoms with van der Waals surface area (Å²) in [5.74, 6) is 1.94. The van der Waals surface area contributed by atoms with E-state index in [1.54, 1.807) is 24.3 Å². The van der Waals surface area contributed by atoms with E-state index in [2.05, 4.69) is 5.32 Å². The first-order valence-corrected chi connectivity index (χ1v) is 10.0. The molecule has 1 saturated heterocycles. The summed E-state index contributed by atoms with van der Waals surface area (Å²) < 4.78 is 22.0. The highest BCUT2D eigenvalue weighted by Gasteiger charge is 2.28. The van der Waals surface area contributed by atoms with E-state index < -0.39 is 0 Å². The SMILES string of the molecule is O=C(COc1ccc(Cl)cc1)NC[C@@H](c1ccc2c(c1)OCO2)[NH+]1CCOCC1. The number of hydrogen-bond acceptors (Lipinski definition) is 5. The molecule has 2 aromatic rings. The number of rotatable bonds is 7. The van der Waals surface area contributed by atoms with Crippen LogP contribution in [-0.2, 0) is 9.53 Å². The topological polar surface area (TPSA) is 70.5 Å². The van der Waals surface area contributed by atoms with E-state index in [4.69, 9.17) is 30.5 Å². The first kappa shape index (κ1) is 19.8. The second kappa shape index (κ2) is 9.35. The molecule has 0 bridgehead atoms. The number of halogens is 1. The van der Waals surface area contributed by atoms with Gasteiger partial charge in [0.05, 0.1) is 19.8 Å². The molecular weight excluding hydrogens is 396 g/mol. The molecular formula is C21H24ClN2O5+. The Kier molecular flexibility index (Phi) is 6.39. The maximum Gasteiger partial charge on any atom is 0.258 e. The molecule has 1 atom stereocenters. The van der Waals surface area contributed by atoms with Crippen LogP contribution in [0.25, 0.3) is 0 Å². The van der Waals surface area contributed by atoms with Crippen molar-refractivity contribution in [3.05, 3.63) is 53.1 Å². The minimum atomic E-state index is -0.168. The molecule has 2 aliphatic heterocycles. The molecule has 29 heavy (non-hydrogen) atoms. The van der Waals surface area contributed by atoms with Gasteiger partial charge in [-0.25, -0.2) is 0 Å². The Hall–Kier alpha value is -2.48. The zero-order valence-corrected chi connectivity index (χ0v) is 16.7. The van der Waals surface area contributed by atoms with Crippen LogP contribution in [0.1, 0.15) is 11.6 Å². The number of carbonyl (C=O) groups excluding carboxylic acids is 1. The van der Waals surface area contributed by atoms with Crippen molar-refractivity contribution < 1.29 is 28.6 Å². The maximum absolute atomic E-state index is 12.3. The van der Waals surface area contributed by atoms with Gasteiger partial charge in [-0.2, -0.15) is 0 Å². The molecule has 1 amide bonds. The van der Waals surface area contributed by atoms with E-state index in [0.717, 1.165) is 30.2 Å². The second-order valence-corrected chi connectivity index (χ2v) is 7.42. The Labute approximate surface area is 174 Å². The first-order chi connectivity index (χ1) is 14.2. The number of carbonyl (C=O) groups is 1. The van der Waals surface area contributed by atoms with Crippen molar-refractivity contribution in [3.8, 4) is 17.2 Å². The molecule has 0 unspecified atom stereocenters. The molecule has 7 nitrogen and oxygen atoms in total. The van der Waals surface area contributed by atoms with Gasteiger partial charge >= 0.3 is 0 Å². The third-order valence-electron chi connectivity index (χ3n) is 5.11. The fraction of sp³-hybridized carbons (Fsp3) is 0.381. The van der Waals surface area contributed by atoms with Crippen LogP contribution in [0.15, 0.2) is 42.5 Å². The van der Waals surface area contributed by atoms with Crippen LogP contribution in [0.3, 0.4) is 0 Å². The molecule has 154 valence electrons. The standard InChI is InChI=1S/C21H23ClN2O5/c22-16-2-4-17(5-3-16)27-13-21(25)23-12-18(24-7-9-26-10-8-24)15-1-6-19-20(11-15)29-14-28-19/h1-6,11,18H,7-10,12-14H2,(H,23,25)/p+1/t18-/m0/s1.